The molecule has 23 heavy (non-hydrogen) atoms. The molecule has 0 aromatic heterocycles. The summed E-state index contributed by atoms with van der Waals surface area (Å²) in [5, 5.41) is 8.83. The van der Waals surface area contributed by atoms with Gasteiger partial charge in [-0.15, -0.1) is 0 Å². The Kier molecular flexibility index (Phi) is 5.16. The van der Waals surface area contributed by atoms with E-state index in [1.54, 1.807) is 0 Å². The lowest BCUT2D eigenvalue weighted by molar-refractivity contribution is 0.165. The lowest BCUT2D eigenvalue weighted by Crippen LogP contribution is -2.31. The van der Waals surface area contributed by atoms with E-state index in [0.717, 1.165) is 31.0 Å². The number of aliphatic hydroxyl groups excluding tert-OH is 1. The molecule has 4 nitrogen and oxygen atoms in total. The van der Waals surface area contributed by atoms with Crippen LogP contribution in [0.25, 0.3) is 0 Å². The lowest BCUT2D eigenvalue weighted by atomic mass is 10.1. The summed E-state index contributed by atoms with van der Waals surface area (Å²) in [7, 11) is 2.10. The fourth-order valence-corrected chi connectivity index (χ4v) is 2.98. The first-order valence-electron chi connectivity index (χ1n) is 8.00. The average molecular weight is 313 g/mol. The van der Waals surface area contributed by atoms with Crippen LogP contribution in [0, 0.1) is 0 Å². The molecule has 0 bridgehead atoms. The van der Waals surface area contributed by atoms with Crippen LogP contribution in [0.3, 0.4) is 0 Å². The van der Waals surface area contributed by atoms with Crippen molar-refractivity contribution in [2.45, 2.75) is 19.1 Å². The lowest BCUT2D eigenvalue weighted by Gasteiger charge is -2.21. The minimum atomic E-state index is 0.0315. The Morgan fingerprint density at radius 2 is 2.09 bits per heavy atom. The van der Waals surface area contributed by atoms with E-state index in [1.165, 1.54) is 11.1 Å². The number of likely N-dealkylation sites (N-methyl/N-ethyl adjacent to an activating group) is 1. The van der Waals surface area contributed by atoms with E-state index in [4.69, 9.17) is 14.6 Å². The maximum atomic E-state index is 8.83. The maximum Gasteiger partial charge on any atom is 0.123 e. The average Bonchev–Trinajstić information content (AvgIpc) is 2.95. The standard InChI is InChI=1S/C19H23NO3/c1-20(13-15-5-4-7-17(11-15)22-10-9-21)14-18-12-16-6-2-3-8-19(16)23-18/h2-8,11,18,21H,9-10,12-14H2,1H3/t18-/m0/s1. The van der Waals surface area contributed by atoms with Crippen LogP contribution >= 0.6 is 0 Å². The molecule has 1 aliphatic heterocycles. The Bertz CT molecular complexity index is 619. The largest absolute Gasteiger partial charge is 0.491 e. The molecule has 0 fully saturated rings. The monoisotopic (exact) mass is 313 g/mol. The van der Waals surface area contributed by atoms with E-state index in [-0.39, 0.29) is 12.7 Å². The predicted octanol–water partition coefficient (Wildman–Crippen LogP) is 2.49. The summed E-state index contributed by atoms with van der Waals surface area (Å²) in [4.78, 5) is 2.27. The summed E-state index contributed by atoms with van der Waals surface area (Å²) in [6.45, 7) is 2.08. The maximum absolute atomic E-state index is 8.83. The SMILES string of the molecule is CN(Cc1cccc(OCCO)c1)C[C@@H]1Cc2ccccc2O1. The molecule has 2 aromatic rings. The Balaban J connectivity index is 1.53. The molecule has 0 radical (unpaired) electrons. The third-order valence-corrected chi connectivity index (χ3v) is 3.94. The van der Waals surface area contributed by atoms with Crippen molar-refractivity contribution in [2.75, 3.05) is 26.8 Å². The van der Waals surface area contributed by atoms with E-state index in [0.29, 0.717) is 6.61 Å². The predicted molar refractivity (Wildman–Crippen MR) is 89.9 cm³/mol. The van der Waals surface area contributed by atoms with Crippen LogP contribution < -0.4 is 9.47 Å². The molecule has 3 rings (SSSR count). The summed E-state index contributed by atoms with van der Waals surface area (Å²) in [5.74, 6) is 1.82. The second kappa shape index (κ2) is 7.49. The van der Waals surface area contributed by atoms with Gasteiger partial charge in [0.05, 0.1) is 6.61 Å². The molecule has 1 aliphatic rings. The highest BCUT2D eigenvalue weighted by atomic mass is 16.5. The van der Waals surface area contributed by atoms with Crippen LogP contribution in [0.15, 0.2) is 48.5 Å². The van der Waals surface area contributed by atoms with Gasteiger partial charge in [0.1, 0.15) is 24.2 Å². The molecular formula is C19H23NO3. The van der Waals surface area contributed by atoms with Crippen LogP contribution in [0.1, 0.15) is 11.1 Å². The van der Waals surface area contributed by atoms with Gasteiger partial charge in [0.25, 0.3) is 0 Å². The number of benzene rings is 2. The Hall–Kier alpha value is -2.04. The Labute approximate surface area is 137 Å². The summed E-state index contributed by atoms with van der Waals surface area (Å²) < 4.78 is 11.5. The van der Waals surface area contributed by atoms with Crippen LogP contribution in [0.4, 0.5) is 0 Å². The summed E-state index contributed by atoms with van der Waals surface area (Å²) in [6, 6.07) is 16.3. The molecule has 122 valence electrons. The van der Waals surface area contributed by atoms with Crippen molar-refractivity contribution in [3.05, 3.63) is 59.7 Å². The number of ether oxygens (including phenoxy) is 2. The highest BCUT2D eigenvalue weighted by molar-refractivity contribution is 5.37. The number of hydrogen-bond acceptors (Lipinski definition) is 4. The summed E-state index contributed by atoms with van der Waals surface area (Å²) in [6.07, 6.45) is 1.19. The minimum absolute atomic E-state index is 0.0315. The van der Waals surface area contributed by atoms with Gasteiger partial charge in [-0.25, -0.2) is 0 Å². The van der Waals surface area contributed by atoms with Crippen LogP contribution in [0.5, 0.6) is 11.5 Å². The van der Waals surface area contributed by atoms with E-state index < -0.39 is 0 Å². The molecule has 1 N–H and O–H groups in total. The molecule has 0 saturated heterocycles. The summed E-state index contributed by atoms with van der Waals surface area (Å²) >= 11 is 0. The molecular weight excluding hydrogens is 290 g/mol. The number of rotatable bonds is 7. The van der Waals surface area contributed by atoms with E-state index >= 15 is 0 Å². The molecule has 0 spiro atoms. The zero-order chi connectivity index (χ0) is 16.1. The van der Waals surface area contributed by atoms with E-state index in [1.807, 2.05) is 30.3 Å². The molecule has 1 atom stereocenters. The first-order chi connectivity index (χ1) is 11.2. The van der Waals surface area contributed by atoms with Gasteiger partial charge < -0.3 is 14.6 Å². The van der Waals surface area contributed by atoms with Crippen LogP contribution in [-0.2, 0) is 13.0 Å². The van der Waals surface area contributed by atoms with Crippen molar-refractivity contribution in [2.24, 2.45) is 0 Å². The molecule has 0 unspecified atom stereocenters. The summed E-state index contributed by atoms with van der Waals surface area (Å²) in [5.41, 5.74) is 2.49. The number of para-hydroxylation sites is 1. The van der Waals surface area contributed by atoms with Crippen LogP contribution in [-0.4, -0.2) is 42.9 Å². The van der Waals surface area contributed by atoms with Gasteiger partial charge >= 0.3 is 0 Å². The number of nitrogens with zero attached hydrogens (tertiary/aromatic N) is 1. The second-order valence-electron chi connectivity index (χ2n) is 5.97. The van der Waals surface area contributed by atoms with Crippen molar-refractivity contribution in [3.8, 4) is 11.5 Å². The zero-order valence-electron chi connectivity index (χ0n) is 13.4. The number of aliphatic hydroxyl groups is 1. The van der Waals surface area contributed by atoms with Gasteiger partial charge in [-0.3, -0.25) is 4.90 Å². The zero-order valence-corrected chi connectivity index (χ0v) is 13.4. The fourth-order valence-electron chi connectivity index (χ4n) is 2.98. The van der Waals surface area contributed by atoms with Gasteiger partial charge in [-0.05, 0) is 36.4 Å². The topological polar surface area (TPSA) is 41.9 Å². The van der Waals surface area contributed by atoms with Gasteiger partial charge in [0, 0.05) is 19.5 Å². The van der Waals surface area contributed by atoms with Gasteiger partial charge in [0.15, 0.2) is 0 Å². The first-order valence-corrected chi connectivity index (χ1v) is 8.00. The van der Waals surface area contributed by atoms with Gasteiger partial charge in [0.2, 0.25) is 0 Å². The van der Waals surface area contributed by atoms with E-state index in [2.05, 4.69) is 30.1 Å². The minimum Gasteiger partial charge on any atom is -0.491 e. The molecule has 4 heteroatoms. The second-order valence-corrected chi connectivity index (χ2v) is 5.97. The molecule has 2 aromatic carbocycles. The Morgan fingerprint density at radius 1 is 1.22 bits per heavy atom. The third-order valence-electron chi connectivity index (χ3n) is 3.94. The fraction of sp³-hybridized carbons (Fsp3) is 0.368. The van der Waals surface area contributed by atoms with Crippen molar-refractivity contribution in [3.63, 3.8) is 0 Å². The van der Waals surface area contributed by atoms with Crippen molar-refractivity contribution in [1.29, 1.82) is 0 Å². The van der Waals surface area contributed by atoms with E-state index in [9.17, 15) is 0 Å². The Morgan fingerprint density at radius 3 is 2.91 bits per heavy atom. The highest BCUT2D eigenvalue weighted by Gasteiger charge is 2.23. The van der Waals surface area contributed by atoms with Crippen molar-refractivity contribution in [1.82, 2.24) is 4.90 Å². The highest BCUT2D eigenvalue weighted by Crippen LogP contribution is 2.28. The smallest absolute Gasteiger partial charge is 0.123 e. The molecule has 1 heterocycles. The number of fused-ring (bicyclic) bond motifs is 1. The molecule has 0 amide bonds. The van der Waals surface area contributed by atoms with Crippen molar-refractivity contribution >= 4 is 0 Å². The molecule has 0 aliphatic carbocycles. The van der Waals surface area contributed by atoms with Crippen molar-refractivity contribution < 1.29 is 14.6 Å². The van der Waals surface area contributed by atoms with Gasteiger partial charge in [-0.2, -0.15) is 0 Å². The van der Waals surface area contributed by atoms with Gasteiger partial charge in [-0.1, -0.05) is 30.3 Å². The van der Waals surface area contributed by atoms with Crippen LogP contribution in [0.2, 0.25) is 0 Å². The first kappa shape index (κ1) is 15.8. The normalized spacial score (nSPS) is 16.2. The number of hydrogen-bond donors (Lipinski definition) is 1. The quantitative estimate of drug-likeness (QED) is 0.853. The molecule has 0 saturated carbocycles. The third kappa shape index (κ3) is 4.24.